The van der Waals surface area contributed by atoms with Gasteiger partial charge in [-0.05, 0) is 30.0 Å². The zero-order valence-electron chi connectivity index (χ0n) is 14.9. The molecule has 0 unspecified atom stereocenters. The lowest BCUT2D eigenvalue weighted by molar-refractivity contribution is -0.138. The van der Waals surface area contributed by atoms with E-state index in [9.17, 15) is 9.59 Å². The lowest BCUT2D eigenvalue weighted by Crippen LogP contribution is -2.07. The first-order valence-electron chi connectivity index (χ1n) is 8.69. The fourth-order valence-electron chi connectivity index (χ4n) is 2.13. The molecule has 0 aromatic heterocycles. The molecular formula is C20H28O4. The van der Waals surface area contributed by atoms with Crippen LogP contribution in [0.25, 0.3) is 0 Å². The second kappa shape index (κ2) is 11.4. The van der Waals surface area contributed by atoms with Crippen LogP contribution in [0.15, 0.2) is 36.4 Å². The van der Waals surface area contributed by atoms with Gasteiger partial charge in [-0.25, -0.2) is 9.59 Å². The predicted molar refractivity (Wildman–Crippen MR) is 95.0 cm³/mol. The second-order valence-electron chi connectivity index (χ2n) is 6.06. The number of unbranched alkanes of at least 4 members (excludes halogenated alkanes) is 4. The summed E-state index contributed by atoms with van der Waals surface area (Å²) in [5, 5.41) is 0. The minimum Gasteiger partial charge on any atom is -0.463 e. The molecule has 1 aromatic carbocycles. The number of benzene rings is 1. The number of carbonyl (C=O) groups excluding carboxylic acids is 2. The second-order valence-corrected chi connectivity index (χ2v) is 6.06. The zero-order valence-corrected chi connectivity index (χ0v) is 14.9. The van der Waals surface area contributed by atoms with Gasteiger partial charge in [0.1, 0.15) is 5.75 Å². The van der Waals surface area contributed by atoms with E-state index in [1.54, 1.807) is 12.1 Å². The molecule has 24 heavy (non-hydrogen) atoms. The third kappa shape index (κ3) is 8.51. The fraction of sp³-hybridized carbons (Fsp3) is 0.500. The van der Waals surface area contributed by atoms with Gasteiger partial charge in [0.05, 0.1) is 6.61 Å². The Morgan fingerprint density at radius 2 is 1.58 bits per heavy atom. The van der Waals surface area contributed by atoms with Crippen LogP contribution in [0.5, 0.6) is 5.75 Å². The van der Waals surface area contributed by atoms with Gasteiger partial charge in [0.2, 0.25) is 0 Å². The van der Waals surface area contributed by atoms with Crippen molar-refractivity contribution in [3.8, 4) is 5.75 Å². The zero-order chi connectivity index (χ0) is 17.8. The molecule has 0 bridgehead atoms. The minimum absolute atomic E-state index is 0.387. The van der Waals surface area contributed by atoms with E-state index in [0.717, 1.165) is 31.4 Å². The van der Waals surface area contributed by atoms with Gasteiger partial charge in [-0.15, -0.1) is 0 Å². The summed E-state index contributed by atoms with van der Waals surface area (Å²) in [6.45, 7) is 6.74. The van der Waals surface area contributed by atoms with Crippen molar-refractivity contribution in [3.63, 3.8) is 0 Å². The smallest absolute Gasteiger partial charge is 0.336 e. The van der Waals surface area contributed by atoms with E-state index in [0.29, 0.717) is 18.3 Å². The Bertz CT molecular complexity index is 529. The first-order valence-corrected chi connectivity index (χ1v) is 8.69. The van der Waals surface area contributed by atoms with Crippen molar-refractivity contribution in [2.45, 2.75) is 58.8 Å². The van der Waals surface area contributed by atoms with Crippen LogP contribution in [-0.2, 0) is 14.3 Å². The fourth-order valence-corrected chi connectivity index (χ4v) is 2.13. The van der Waals surface area contributed by atoms with Crippen LogP contribution in [0.4, 0.5) is 0 Å². The third-order valence-corrected chi connectivity index (χ3v) is 3.61. The molecule has 132 valence electrons. The van der Waals surface area contributed by atoms with Crippen molar-refractivity contribution < 1.29 is 19.1 Å². The van der Waals surface area contributed by atoms with E-state index < -0.39 is 11.9 Å². The number of carbonyl (C=O) groups is 2. The Labute approximate surface area is 144 Å². The summed E-state index contributed by atoms with van der Waals surface area (Å²) in [5.41, 5.74) is 1.17. The van der Waals surface area contributed by atoms with E-state index >= 15 is 0 Å². The molecule has 0 aliphatic carbocycles. The van der Waals surface area contributed by atoms with Crippen LogP contribution in [0.2, 0.25) is 0 Å². The monoisotopic (exact) mass is 332 g/mol. The SMILES string of the molecule is CCCCCCCOC(=O)/C=C/C(=O)Oc1ccc(C(C)C)cc1. The van der Waals surface area contributed by atoms with Gasteiger partial charge in [-0.1, -0.05) is 58.6 Å². The lowest BCUT2D eigenvalue weighted by Gasteiger charge is -2.06. The maximum absolute atomic E-state index is 11.7. The molecule has 1 rings (SSSR count). The number of hydrogen-bond donors (Lipinski definition) is 0. The molecule has 0 amide bonds. The van der Waals surface area contributed by atoms with Crippen molar-refractivity contribution in [2.24, 2.45) is 0 Å². The molecule has 0 spiro atoms. The summed E-state index contributed by atoms with van der Waals surface area (Å²) >= 11 is 0. The minimum atomic E-state index is -0.591. The molecular weight excluding hydrogens is 304 g/mol. The van der Waals surface area contributed by atoms with Crippen LogP contribution in [-0.4, -0.2) is 18.5 Å². The van der Waals surface area contributed by atoms with Crippen molar-refractivity contribution in [1.29, 1.82) is 0 Å². The number of rotatable bonds is 10. The lowest BCUT2D eigenvalue weighted by atomic mass is 10.0. The van der Waals surface area contributed by atoms with Crippen LogP contribution in [0.3, 0.4) is 0 Å². The highest BCUT2D eigenvalue weighted by molar-refractivity contribution is 5.92. The normalized spacial score (nSPS) is 11.0. The predicted octanol–water partition coefficient (Wildman–Crippen LogP) is 4.79. The molecule has 0 radical (unpaired) electrons. The highest BCUT2D eigenvalue weighted by Crippen LogP contribution is 2.18. The molecule has 0 aliphatic rings. The Balaban J connectivity index is 2.28. The summed E-state index contributed by atoms with van der Waals surface area (Å²) < 4.78 is 10.2. The molecule has 0 heterocycles. The van der Waals surface area contributed by atoms with Gasteiger partial charge in [-0.2, -0.15) is 0 Å². The molecule has 0 N–H and O–H groups in total. The highest BCUT2D eigenvalue weighted by Gasteiger charge is 2.04. The maximum atomic E-state index is 11.7. The summed E-state index contributed by atoms with van der Waals surface area (Å²) in [6, 6.07) is 7.33. The number of esters is 2. The van der Waals surface area contributed by atoms with E-state index in [4.69, 9.17) is 9.47 Å². The van der Waals surface area contributed by atoms with Gasteiger partial charge in [-0.3, -0.25) is 0 Å². The molecule has 0 fully saturated rings. The maximum Gasteiger partial charge on any atom is 0.336 e. The van der Waals surface area contributed by atoms with Gasteiger partial charge >= 0.3 is 11.9 Å². The van der Waals surface area contributed by atoms with Gasteiger partial charge in [0, 0.05) is 12.2 Å². The summed E-state index contributed by atoms with van der Waals surface area (Å²) in [7, 11) is 0. The van der Waals surface area contributed by atoms with Crippen LogP contribution in [0, 0.1) is 0 Å². The molecule has 4 nitrogen and oxygen atoms in total. The van der Waals surface area contributed by atoms with Gasteiger partial charge in [0.15, 0.2) is 0 Å². The molecule has 0 aliphatic heterocycles. The van der Waals surface area contributed by atoms with E-state index in [2.05, 4.69) is 20.8 Å². The number of hydrogen-bond acceptors (Lipinski definition) is 4. The third-order valence-electron chi connectivity index (χ3n) is 3.61. The van der Waals surface area contributed by atoms with Crippen LogP contribution in [0.1, 0.15) is 64.4 Å². The first-order chi connectivity index (χ1) is 11.5. The van der Waals surface area contributed by atoms with E-state index in [-0.39, 0.29) is 0 Å². The average Bonchev–Trinajstić information content (AvgIpc) is 2.56. The topological polar surface area (TPSA) is 52.6 Å². The van der Waals surface area contributed by atoms with E-state index in [1.165, 1.54) is 18.4 Å². The molecule has 0 atom stereocenters. The van der Waals surface area contributed by atoms with E-state index in [1.807, 2.05) is 12.1 Å². The Morgan fingerprint density at radius 1 is 0.958 bits per heavy atom. The molecule has 1 aromatic rings. The standard InChI is InChI=1S/C20H28O4/c1-4-5-6-7-8-15-23-19(21)13-14-20(22)24-18-11-9-17(10-12-18)16(2)3/h9-14,16H,4-8,15H2,1-3H3/b14-13+. The largest absolute Gasteiger partial charge is 0.463 e. The molecule has 0 saturated heterocycles. The van der Waals surface area contributed by atoms with Crippen LogP contribution < -0.4 is 4.74 Å². The highest BCUT2D eigenvalue weighted by atomic mass is 16.5. The summed E-state index contributed by atoms with van der Waals surface area (Å²) in [6.07, 6.45) is 7.66. The van der Waals surface area contributed by atoms with Crippen molar-refractivity contribution in [1.82, 2.24) is 0 Å². The van der Waals surface area contributed by atoms with Gasteiger partial charge < -0.3 is 9.47 Å². The number of ether oxygens (including phenoxy) is 2. The summed E-state index contributed by atoms with van der Waals surface area (Å²) in [4.78, 5) is 23.2. The Kier molecular flexibility index (Phi) is 9.51. The van der Waals surface area contributed by atoms with Crippen molar-refractivity contribution >= 4 is 11.9 Å². The average molecular weight is 332 g/mol. The molecule has 4 heteroatoms. The first kappa shape index (κ1) is 19.9. The Morgan fingerprint density at radius 3 is 2.21 bits per heavy atom. The van der Waals surface area contributed by atoms with Crippen molar-refractivity contribution in [2.75, 3.05) is 6.61 Å². The van der Waals surface area contributed by atoms with Crippen LogP contribution >= 0.6 is 0 Å². The van der Waals surface area contributed by atoms with Crippen molar-refractivity contribution in [3.05, 3.63) is 42.0 Å². The summed E-state index contributed by atoms with van der Waals surface area (Å²) in [5.74, 6) is -0.227. The van der Waals surface area contributed by atoms with Gasteiger partial charge in [0.25, 0.3) is 0 Å². The quantitative estimate of drug-likeness (QED) is 0.268. The Hall–Kier alpha value is -2.10. The molecule has 0 saturated carbocycles.